The van der Waals surface area contributed by atoms with Gasteiger partial charge in [0, 0.05) is 36.7 Å². The number of nitrogens with zero attached hydrogens (tertiary/aromatic N) is 3. The second kappa shape index (κ2) is 7.05. The molecule has 0 fully saturated rings. The van der Waals surface area contributed by atoms with E-state index in [0.29, 0.717) is 12.6 Å². The fourth-order valence-electron chi connectivity index (χ4n) is 2.81. The Morgan fingerprint density at radius 1 is 1.14 bits per heavy atom. The molecule has 0 radical (unpaired) electrons. The number of imidazole rings is 1. The highest BCUT2D eigenvalue weighted by molar-refractivity contribution is 5.62. The second-order valence-electron chi connectivity index (χ2n) is 5.84. The minimum atomic E-state index is 0.334. The van der Waals surface area contributed by atoms with Crippen molar-refractivity contribution in [1.82, 2.24) is 14.5 Å². The number of ether oxygens (including phenoxy) is 1. The summed E-state index contributed by atoms with van der Waals surface area (Å²) in [4.78, 5) is 9.49. The van der Waals surface area contributed by atoms with Crippen molar-refractivity contribution < 1.29 is 4.74 Å². The van der Waals surface area contributed by atoms with E-state index in [1.165, 1.54) is 5.56 Å². The van der Waals surface area contributed by atoms with E-state index < -0.39 is 0 Å². The molecule has 0 aliphatic rings. The number of aromatic nitrogens is 3. The third-order valence-electron chi connectivity index (χ3n) is 4.28. The third kappa shape index (κ3) is 3.22. The molecule has 0 N–H and O–H groups in total. The molecule has 4 nitrogen and oxygen atoms in total. The molecule has 2 heterocycles. The Labute approximate surface area is 133 Å². The summed E-state index contributed by atoms with van der Waals surface area (Å²) in [5.41, 5.74) is 5.47. The Kier molecular flexibility index (Phi) is 5.35. The fourth-order valence-corrected chi connectivity index (χ4v) is 2.81. The first-order chi connectivity index (χ1) is 10.5. The Bertz CT molecular complexity index is 646. The molecule has 0 saturated heterocycles. The topological polar surface area (TPSA) is 39.9 Å². The molecular formula is C18H27N3O. The average molecular weight is 301 g/mol. The normalized spacial score (nSPS) is 12.6. The minimum absolute atomic E-state index is 0.334. The lowest BCUT2D eigenvalue weighted by molar-refractivity contribution is 0.152. The van der Waals surface area contributed by atoms with Crippen LogP contribution in [0.1, 0.15) is 49.1 Å². The van der Waals surface area contributed by atoms with Crippen molar-refractivity contribution in [1.29, 1.82) is 0 Å². The van der Waals surface area contributed by atoms with Crippen LogP contribution in [0.15, 0.2) is 12.3 Å². The quantitative estimate of drug-likeness (QED) is 0.808. The third-order valence-corrected chi connectivity index (χ3v) is 4.28. The van der Waals surface area contributed by atoms with E-state index >= 15 is 0 Å². The number of rotatable bonds is 6. The largest absolute Gasteiger partial charge is 0.383 e. The monoisotopic (exact) mass is 301 g/mol. The van der Waals surface area contributed by atoms with Crippen LogP contribution in [0.2, 0.25) is 0 Å². The van der Waals surface area contributed by atoms with Crippen LogP contribution in [0.25, 0.3) is 11.3 Å². The van der Waals surface area contributed by atoms with Gasteiger partial charge < -0.3 is 9.30 Å². The number of aryl methyl sites for hydroxylation is 4. The summed E-state index contributed by atoms with van der Waals surface area (Å²) in [6, 6.07) is 2.53. The van der Waals surface area contributed by atoms with Gasteiger partial charge in [0.25, 0.3) is 0 Å². The maximum Gasteiger partial charge on any atom is 0.109 e. The van der Waals surface area contributed by atoms with E-state index in [2.05, 4.69) is 49.5 Å². The second-order valence-corrected chi connectivity index (χ2v) is 5.84. The van der Waals surface area contributed by atoms with Crippen LogP contribution < -0.4 is 0 Å². The lowest BCUT2D eigenvalue weighted by atomic mass is 10.1. The number of hydrogen-bond donors (Lipinski definition) is 0. The van der Waals surface area contributed by atoms with Gasteiger partial charge in [-0.05, 0) is 38.8 Å². The maximum atomic E-state index is 5.36. The van der Waals surface area contributed by atoms with Crippen LogP contribution in [0, 0.1) is 20.8 Å². The Morgan fingerprint density at radius 3 is 2.45 bits per heavy atom. The molecule has 2 aromatic heterocycles. The van der Waals surface area contributed by atoms with Gasteiger partial charge in [-0.2, -0.15) is 0 Å². The molecule has 0 saturated carbocycles. The molecule has 120 valence electrons. The van der Waals surface area contributed by atoms with Crippen LogP contribution in [0.5, 0.6) is 0 Å². The molecule has 0 amide bonds. The predicted molar refractivity (Wildman–Crippen MR) is 90.3 cm³/mol. The summed E-state index contributed by atoms with van der Waals surface area (Å²) in [5, 5.41) is 0. The molecule has 1 unspecified atom stereocenters. The lowest BCUT2D eigenvalue weighted by Crippen LogP contribution is -2.15. The zero-order valence-corrected chi connectivity index (χ0v) is 14.6. The van der Waals surface area contributed by atoms with Crippen molar-refractivity contribution >= 4 is 0 Å². The SMILES string of the molecule is CCc1nc(-c2cc(C)c(C)nc2C)cn1C(CC)COC. The van der Waals surface area contributed by atoms with Crippen molar-refractivity contribution in [2.45, 2.75) is 53.5 Å². The van der Waals surface area contributed by atoms with E-state index in [4.69, 9.17) is 9.72 Å². The van der Waals surface area contributed by atoms with Crippen molar-refractivity contribution in [3.05, 3.63) is 35.0 Å². The average Bonchev–Trinajstić information content (AvgIpc) is 2.92. The minimum Gasteiger partial charge on any atom is -0.383 e. The molecule has 4 heteroatoms. The van der Waals surface area contributed by atoms with Gasteiger partial charge in [-0.3, -0.25) is 4.98 Å². The highest BCUT2D eigenvalue weighted by atomic mass is 16.5. The van der Waals surface area contributed by atoms with Crippen molar-refractivity contribution in [3.8, 4) is 11.3 Å². The molecule has 0 spiro atoms. The van der Waals surface area contributed by atoms with Gasteiger partial charge in [0.05, 0.1) is 18.3 Å². The van der Waals surface area contributed by atoms with Crippen molar-refractivity contribution in [3.63, 3.8) is 0 Å². The van der Waals surface area contributed by atoms with Gasteiger partial charge in [0.1, 0.15) is 5.82 Å². The smallest absolute Gasteiger partial charge is 0.109 e. The van der Waals surface area contributed by atoms with E-state index in [1.54, 1.807) is 7.11 Å². The van der Waals surface area contributed by atoms with Crippen LogP contribution in [0.4, 0.5) is 0 Å². The van der Waals surface area contributed by atoms with Gasteiger partial charge >= 0.3 is 0 Å². The molecule has 1 atom stereocenters. The summed E-state index contributed by atoms with van der Waals surface area (Å²) in [7, 11) is 1.75. The first kappa shape index (κ1) is 16.7. The zero-order valence-electron chi connectivity index (χ0n) is 14.6. The van der Waals surface area contributed by atoms with Crippen LogP contribution in [-0.2, 0) is 11.2 Å². The fraction of sp³-hybridized carbons (Fsp3) is 0.556. The zero-order chi connectivity index (χ0) is 16.3. The highest BCUT2D eigenvalue weighted by Gasteiger charge is 2.17. The molecule has 2 rings (SSSR count). The van der Waals surface area contributed by atoms with E-state index in [1.807, 2.05) is 6.92 Å². The molecular weight excluding hydrogens is 274 g/mol. The van der Waals surface area contributed by atoms with Gasteiger partial charge in [-0.15, -0.1) is 0 Å². The maximum absolute atomic E-state index is 5.36. The Hall–Kier alpha value is -1.68. The molecule has 0 aromatic carbocycles. The standard InChI is InChI=1S/C18H27N3O/c1-7-15(11-22-6)21-10-17(20-18(21)8-2)16-9-12(3)13(4)19-14(16)5/h9-10,15H,7-8,11H2,1-6H3. The van der Waals surface area contributed by atoms with E-state index in [9.17, 15) is 0 Å². The molecule has 0 bridgehead atoms. The molecule has 0 aliphatic heterocycles. The summed E-state index contributed by atoms with van der Waals surface area (Å²) in [6.07, 6.45) is 4.10. The first-order valence-electron chi connectivity index (χ1n) is 8.03. The van der Waals surface area contributed by atoms with Crippen LogP contribution >= 0.6 is 0 Å². The Morgan fingerprint density at radius 2 is 1.86 bits per heavy atom. The number of methoxy groups -OCH3 is 1. The summed E-state index contributed by atoms with van der Waals surface area (Å²) < 4.78 is 7.63. The molecule has 0 aliphatic carbocycles. The van der Waals surface area contributed by atoms with E-state index in [-0.39, 0.29) is 0 Å². The van der Waals surface area contributed by atoms with Crippen molar-refractivity contribution in [2.75, 3.05) is 13.7 Å². The summed E-state index contributed by atoms with van der Waals surface area (Å²) >= 11 is 0. The summed E-state index contributed by atoms with van der Waals surface area (Å²) in [6.45, 7) is 11.2. The van der Waals surface area contributed by atoms with Gasteiger partial charge in [-0.1, -0.05) is 13.8 Å². The van der Waals surface area contributed by atoms with E-state index in [0.717, 1.165) is 41.3 Å². The predicted octanol–water partition coefficient (Wildman–Crippen LogP) is 4.03. The lowest BCUT2D eigenvalue weighted by Gasteiger charge is -2.17. The highest BCUT2D eigenvalue weighted by Crippen LogP contribution is 2.26. The first-order valence-corrected chi connectivity index (χ1v) is 8.03. The number of hydrogen-bond acceptors (Lipinski definition) is 3. The van der Waals surface area contributed by atoms with Gasteiger partial charge in [0.2, 0.25) is 0 Å². The number of pyridine rings is 1. The Balaban J connectivity index is 2.49. The van der Waals surface area contributed by atoms with Crippen LogP contribution in [-0.4, -0.2) is 28.3 Å². The molecule has 2 aromatic rings. The van der Waals surface area contributed by atoms with Gasteiger partial charge in [0.15, 0.2) is 0 Å². The van der Waals surface area contributed by atoms with Crippen LogP contribution in [0.3, 0.4) is 0 Å². The van der Waals surface area contributed by atoms with Gasteiger partial charge in [-0.25, -0.2) is 4.98 Å². The summed E-state index contributed by atoms with van der Waals surface area (Å²) in [5.74, 6) is 1.11. The van der Waals surface area contributed by atoms with Crippen molar-refractivity contribution in [2.24, 2.45) is 0 Å². The molecule has 22 heavy (non-hydrogen) atoms.